The predicted molar refractivity (Wildman–Crippen MR) is 61.2 cm³/mol. The molecular formula is C10H10BrClN2. The van der Waals surface area contributed by atoms with Crippen LogP contribution < -0.4 is 0 Å². The van der Waals surface area contributed by atoms with E-state index in [9.17, 15) is 0 Å². The molecule has 4 heteroatoms. The monoisotopic (exact) mass is 272 g/mol. The molecule has 0 radical (unpaired) electrons. The maximum absolute atomic E-state index is 9.01. The van der Waals surface area contributed by atoms with Crippen molar-refractivity contribution in [3.63, 3.8) is 0 Å². The molecule has 0 spiro atoms. The summed E-state index contributed by atoms with van der Waals surface area (Å²) in [6.45, 7) is 0. The van der Waals surface area contributed by atoms with Crippen LogP contribution in [-0.2, 0) is 0 Å². The van der Waals surface area contributed by atoms with E-state index in [0.29, 0.717) is 5.02 Å². The highest BCUT2D eigenvalue weighted by molar-refractivity contribution is 9.10. The van der Waals surface area contributed by atoms with Crippen molar-refractivity contribution in [2.75, 3.05) is 14.1 Å². The van der Waals surface area contributed by atoms with Crippen LogP contribution in [0.1, 0.15) is 11.6 Å². The Balaban J connectivity index is 3.17. The van der Waals surface area contributed by atoms with Gasteiger partial charge in [0, 0.05) is 9.50 Å². The summed E-state index contributed by atoms with van der Waals surface area (Å²) in [5, 5.41) is 9.65. The van der Waals surface area contributed by atoms with Crippen molar-refractivity contribution < 1.29 is 0 Å². The first-order valence-corrected chi connectivity index (χ1v) is 5.24. The van der Waals surface area contributed by atoms with Gasteiger partial charge in [0.1, 0.15) is 6.04 Å². The molecule has 0 fully saturated rings. The Kier molecular flexibility index (Phi) is 3.94. The van der Waals surface area contributed by atoms with Crippen molar-refractivity contribution in [3.05, 3.63) is 33.3 Å². The van der Waals surface area contributed by atoms with E-state index in [-0.39, 0.29) is 6.04 Å². The first-order chi connectivity index (χ1) is 6.56. The Morgan fingerprint density at radius 3 is 2.64 bits per heavy atom. The van der Waals surface area contributed by atoms with E-state index in [1.807, 2.05) is 25.1 Å². The normalized spacial score (nSPS) is 12.6. The van der Waals surface area contributed by atoms with Crippen LogP contribution in [0.15, 0.2) is 22.7 Å². The first kappa shape index (κ1) is 11.5. The fraction of sp³-hybridized carbons (Fsp3) is 0.300. The van der Waals surface area contributed by atoms with Gasteiger partial charge in [-0.05, 0) is 37.9 Å². The van der Waals surface area contributed by atoms with Crippen LogP contribution in [0.3, 0.4) is 0 Å². The van der Waals surface area contributed by atoms with E-state index in [1.165, 1.54) is 0 Å². The molecule has 74 valence electrons. The topological polar surface area (TPSA) is 27.0 Å². The Labute approximate surface area is 97.2 Å². The van der Waals surface area contributed by atoms with Gasteiger partial charge in [-0.3, -0.25) is 4.90 Å². The van der Waals surface area contributed by atoms with E-state index in [4.69, 9.17) is 16.9 Å². The molecule has 0 bridgehead atoms. The molecular weight excluding hydrogens is 263 g/mol. The third-order valence-electron chi connectivity index (χ3n) is 1.89. The zero-order valence-corrected chi connectivity index (χ0v) is 10.3. The fourth-order valence-corrected chi connectivity index (χ4v) is 1.83. The van der Waals surface area contributed by atoms with Gasteiger partial charge in [0.05, 0.1) is 6.07 Å². The molecule has 0 aliphatic rings. The second kappa shape index (κ2) is 4.79. The summed E-state index contributed by atoms with van der Waals surface area (Å²) < 4.78 is 0.905. The largest absolute Gasteiger partial charge is 0.290 e. The molecule has 0 N–H and O–H groups in total. The minimum absolute atomic E-state index is 0.275. The van der Waals surface area contributed by atoms with E-state index < -0.39 is 0 Å². The van der Waals surface area contributed by atoms with Crippen LogP contribution in [0.2, 0.25) is 5.02 Å². The zero-order valence-electron chi connectivity index (χ0n) is 7.96. The molecule has 1 aromatic carbocycles. The Hall–Kier alpha value is -0.560. The smallest absolute Gasteiger partial charge is 0.124 e. The quantitative estimate of drug-likeness (QED) is 0.827. The first-order valence-electron chi connectivity index (χ1n) is 4.07. The number of hydrogen-bond acceptors (Lipinski definition) is 2. The Morgan fingerprint density at radius 1 is 1.50 bits per heavy atom. The number of benzene rings is 1. The highest BCUT2D eigenvalue weighted by Crippen LogP contribution is 2.28. The molecule has 0 aromatic heterocycles. The molecule has 1 unspecified atom stereocenters. The third-order valence-corrected chi connectivity index (χ3v) is 2.85. The lowest BCUT2D eigenvalue weighted by atomic mass is 10.1. The summed E-state index contributed by atoms with van der Waals surface area (Å²) >= 11 is 9.28. The minimum Gasteiger partial charge on any atom is -0.290 e. The summed E-state index contributed by atoms with van der Waals surface area (Å²) in [4.78, 5) is 1.84. The molecule has 0 aliphatic carbocycles. The number of halogens is 2. The lowest BCUT2D eigenvalue weighted by Crippen LogP contribution is -2.18. The van der Waals surface area contributed by atoms with Crippen LogP contribution >= 0.6 is 27.5 Å². The second-order valence-electron chi connectivity index (χ2n) is 3.16. The van der Waals surface area contributed by atoms with Crippen LogP contribution in [0, 0.1) is 11.3 Å². The molecule has 0 amide bonds. The molecule has 2 nitrogen and oxygen atoms in total. The molecule has 0 saturated carbocycles. The third kappa shape index (κ3) is 2.48. The van der Waals surface area contributed by atoms with Gasteiger partial charge in [-0.1, -0.05) is 27.5 Å². The molecule has 1 aromatic rings. The van der Waals surface area contributed by atoms with Gasteiger partial charge in [-0.15, -0.1) is 0 Å². The predicted octanol–water partition coefficient (Wildman–Crippen LogP) is 3.23. The summed E-state index contributed by atoms with van der Waals surface area (Å²) in [5.41, 5.74) is 0.894. The van der Waals surface area contributed by atoms with Gasteiger partial charge in [0.25, 0.3) is 0 Å². The molecule has 0 heterocycles. The van der Waals surface area contributed by atoms with E-state index in [0.717, 1.165) is 10.0 Å². The Morgan fingerprint density at radius 2 is 2.14 bits per heavy atom. The number of rotatable bonds is 2. The lowest BCUT2D eigenvalue weighted by Gasteiger charge is -2.18. The molecule has 14 heavy (non-hydrogen) atoms. The lowest BCUT2D eigenvalue weighted by molar-refractivity contribution is 0.357. The van der Waals surface area contributed by atoms with Crippen molar-refractivity contribution in [3.8, 4) is 6.07 Å². The Bertz CT molecular complexity index is 371. The van der Waals surface area contributed by atoms with Crippen molar-refractivity contribution in [1.82, 2.24) is 4.90 Å². The van der Waals surface area contributed by atoms with Gasteiger partial charge in [-0.25, -0.2) is 0 Å². The molecule has 1 atom stereocenters. The van der Waals surface area contributed by atoms with Crippen molar-refractivity contribution in [1.29, 1.82) is 5.26 Å². The van der Waals surface area contributed by atoms with Gasteiger partial charge in [0.2, 0.25) is 0 Å². The van der Waals surface area contributed by atoms with E-state index in [1.54, 1.807) is 12.1 Å². The molecule has 1 rings (SSSR count). The van der Waals surface area contributed by atoms with Gasteiger partial charge in [0.15, 0.2) is 0 Å². The standard InChI is InChI=1S/C10H10BrClN2/c1-14(2)10(6-13)8-5-7(12)3-4-9(8)11/h3-5,10H,1-2H3. The second-order valence-corrected chi connectivity index (χ2v) is 4.45. The van der Waals surface area contributed by atoms with Crippen LogP contribution in [0.4, 0.5) is 0 Å². The molecule has 0 saturated heterocycles. The van der Waals surface area contributed by atoms with Crippen molar-refractivity contribution in [2.45, 2.75) is 6.04 Å². The number of nitrogens with zero attached hydrogens (tertiary/aromatic N) is 2. The number of nitriles is 1. The summed E-state index contributed by atoms with van der Waals surface area (Å²) in [5.74, 6) is 0. The van der Waals surface area contributed by atoms with E-state index >= 15 is 0 Å². The minimum atomic E-state index is -0.275. The summed E-state index contributed by atoms with van der Waals surface area (Å²) in [7, 11) is 3.72. The van der Waals surface area contributed by atoms with Crippen LogP contribution in [0.25, 0.3) is 0 Å². The van der Waals surface area contributed by atoms with Crippen LogP contribution in [-0.4, -0.2) is 19.0 Å². The zero-order chi connectivity index (χ0) is 10.7. The van der Waals surface area contributed by atoms with E-state index in [2.05, 4.69) is 22.0 Å². The average molecular weight is 274 g/mol. The highest BCUT2D eigenvalue weighted by Gasteiger charge is 2.16. The highest BCUT2D eigenvalue weighted by atomic mass is 79.9. The maximum Gasteiger partial charge on any atom is 0.124 e. The van der Waals surface area contributed by atoms with Gasteiger partial charge >= 0.3 is 0 Å². The van der Waals surface area contributed by atoms with Gasteiger partial charge in [-0.2, -0.15) is 5.26 Å². The molecule has 0 aliphatic heterocycles. The average Bonchev–Trinajstić information content (AvgIpc) is 2.11. The number of hydrogen-bond donors (Lipinski definition) is 0. The SMILES string of the molecule is CN(C)C(C#N)c1cc(Cl)ccc1Br. The van der Waals surface area contributed by atoms with Crippen LogP contribution in [0.5, 0.6) is 0 Å². The fourth-order valence-electron chi connectivity index (χ4n) is 1.19. The van der Waals surface area contributed by atoms with Gasteiger partial charge < -0.3 is 0 Å². The van der Waals surface area contributed by atoms with Crippen molar-refractivity contribution >= 4 is 27.5 Å². The summed E-state index contributed by atoms with van der Waals surface area (Å²) in [6, 6.07) is 7.40. The van der Waals surface area contributed by atoms with Crippen molar-refractivity contribution in [2.24, 2.45) is 0 Å². The summed E-state index contributed by atoms with van der Waals surface area (Å²) in [6.07, 6.45) is 0. The maximum atomic E-state index is 9.01.